The van der Waals surface area contributed by atoms with E-state index < -0.39 is 5.60 Å². The summed E-state index contributed by atoms with van der Waals surface area (Å²) >= 11 is 0. The number of likely N-dealkylation sites (N-methyl/N-ethyl adjacent to an activating group) is 1. The number of rotatable bonds is 6. The van der Waals surface area contributed by atoms with Crippen LogP contribution < -0.4 is 4.74 Å². The first-order chi connectivity index (χ1) is 8.35. The largest absolute Gasteiger partial charge is 0.497 e. The first-order valence-electron chi connectivity index (χ1n) is 6.39. The van der Waals surface area contributed by atoms with Gasteiger partial charge in [0.05, 0.1) is 12.7 Å². The molecule has 0 aliphatic carbocycles. The van der Waals surface area contributed by atoms with Gasteiger partial charge in [0.25, 0.3) is 0 Å². The number of aliphatic hydroxyl groups is 1. The van der Waals surface area contributed by atoms with Gasteiger partial charge in [0, 0.05) is 13.1 Å². The predicted molar refractivity (Wildman–Crippen MR) is 74.8 cm³/mol. The fourth-order valence-corrected chi connectivity index (χ4v) is 1.87. The summed E-state index contributed by atoms with van der Waals surface area (Å²) in [6.07, 6.45) is 0. The maximum atomic E-state index is 10.3. The van der Waals surface area contributed by atoms with Crippen LogP contribution in [-0.2, 0) is 6.54 Å². The molecule has 0 bridgehead atoms. The third kappa shape index (κ3) is 4.31. The van der Waals surface area contributed by atoms with Gasteiger partial charge in [-0.25, -0.2) is 0 Å². The highest BCUT2D eigenvalue weighted by Gasteiger charge is 2.26. The lowest BCUT2D eigenvalue weighted by Crippen LogP contribution is -2.42. The summed E-state index contributed by atoms with van der Waals surface area (Å²) in [5.74, 6) is 1.11. The topological polar surface area (TPSA) is 32.7 Å². The van der Waals surface area contributed by atoms with Crippen LogP contribution in [0.2, 0.25) is 0 Å². The second kappa shape index (κ2) is 6.21. The zero-order chi connectivity index (χ0) is 13.8. The van der Waals surface area contributed by atoms with Crippen LogP contribution in [0.3, 0.4) is 0 Å². The zero-order valence-corrected chi connectivity index (χ0v) is 12.1. The quantitative estimate of drug-likeness (QED) is 0.843. The maximum Gasteiger partial charge on any atom is 0.119 e. The average Bonchev–Trinajstić information content (AvgIpc) is 2.28. The molecule has 1 unspecified atom stereocenters. The molecule has 3 heteroatoms. The fraction of sp³-hybridized carbons (Fsp3) is 0.600. The molecule has 0 saturated heterocycles. The molecule has 0 radical (unpaired) electrons. The van der Waals surface area contributed by atoms with E-state index in [9.17, 15) is 5.11 Å². The molecule has 1 aromatic rings. The molecule has 0 saturated carbocycles. The van der Waals surface area contributed by atoms with Crippen molar-refractivity contribution in [3.05, 3.63) is 29.8 Å². The van der Waals surface area contributed by atoms with Gasteiger partial charge in [0.15, 0.2) is 0 Å². The number of benzene rings is 1. The summed E-state index contributed by atoms with van der Waals surface area (Å²) in [6, 6.07) is 8.03. The highest BCUT2D eigenvalue weighted by Crippen LogP contribution is 2.19. The van der Waals surface area contributed by atoms with E-state index in [0.29, 0.717) is 6.54 Å². The SMILES string of the molecule is COc1cccc(CN(C)CC(C)(O)C(C)C)c1. The van der Waals surface area contributed by atoms with Gasteiger partial charge in [-0.05, 0) is 37.6 Å². The molecule has 102 valence electrons. The number of nitrogens with zero attached hydrogens (tertiary/aromatic N) is 1. The summed E-state index contributed by atoms with van der Waals surface area (Å²) in [5, 5.41) is 10.3. The van der Waals surface area contributed by atoms with E-state index in [0.717, 1.165) is 12.3 Å². The monoisotopic (exact) mass is 251 g/mol. The van der Waals surface area contributed by atoms with Crippen molar-refractivity contribution < 1.29 is 9.84 Å². The highest BCUT2D eigenvalue weighted by molar-refractivity contribution is 5.28. The third-order valence-electron chi connectivity index (χ3n) is 3.42. The van der Waals surface area contributed by atoms with Crippen LogP contribution >= 0.6 is 0 Å². The van der Waals surface area contributed by atoms with Gasteiger partial charge >= 0.3 is 0 Å². The number of hydrogen-bond donors (Lipinski definition) is 1. The average molecular weight is 251 g/mol. The molecule has 0 aliphatic heterocycles. The summed E-state index contributed by atoms with van der Waals surface area (Å²) in [4.78, 5) is 2.13. The summed E-state index contributed by atoms with van der Waals surface area (Å²) in [7, 11) is 3.70. The Balaban J connectivity index is 2.61. The van der Waals surface area contributed by atoms with Crippen LogP contribution in [0.4, 0.5) is 0 Å². The molecule has 0 aromatic heterocycles. The summed E-state index contributed by atoms with van der Waals surface area (Å²) in [6.45, 7) is 7.43. The van der Waals surface area contributed by atoms with Crippen LogP contribution in [0.25, 0.3) is 0 Å². The minimum Gasteiger partial charge on any atom is -0.497 e. The van der Waals surface area contributed by atoms with E-state index in [-0.39, 0.29) is 5.92 Å². The smallest absolute Gasteiger partial charge is 0.119 e. The van der Waals surface area contributed by atoms with E-state index in [1.165, 1.54) is 5.56 Å². The minimum atomic E-state index is -0.659. The van der Waals surface area contributed by atoms with Crippen molar-refractivity contribution in [2.24, 2.45) is 5.92 Å². The first kappa shape index (κ1) is 15.0. The van der Waals surface area contributed by atoms with Crippen molar-refractivity contribution in [1.82, 2.24) is 4.90 Å². The van der Waals surface area contributed by atoms with E-state index in [1.807, 2.05) is 46.0 Å². The van der Waals surface area contributed by atoms with E-state index in [1.54, 1.807) is 7.11 Å². The Hall–Kier alpha value is -1.06. The second-order valence-electron chi connectivity index (χ2n) is 5.54. The van der Waals surface area contributed by atoms with Gasteiger partial charge in [-0.3, -0.25) is 4.90 Å². The van der Waals surface area contributed by atoms with E-state index >= 15 is 0 Å². The Morgan fingerprint density at radius 3 is 2.61 bits per heavy atom. The first-order valence-corrected chi connectivity index (χ1v) is 6.39. The zero-order valence-electron chi connectivity index (χ0n) is 12.1. The van der Waals surface area contributed by atoms with Crippen molar-refractivity contribution in [2.75, 3.05) is 20.7 Å². The number of hydrogen-bond acceptors (Lipinski definition) is 3. The molecule has 0 fully saturated rings. The molecule has 1 atom stereocenters. The van der Waals surface area contributed by atoms with Crippen molar-refractivity contribution in [1.29, 1.82) is 0 Å². The Labute approximate surface area is 110 Å². The molecule has 1 N–H and O–H groups in total. The second-order valence-corrected chi connectivity index (χ2v) is 5.54. The Bertz CT molecular complexity index is 375. The Morgan fingerprint density at radius 1 is 1.39 bits per heavy atom. The number of ether oxygens (including phenoxy) is 1. The molecule has 3 nitrogen and oxygen atoms in total. The van der Waals surface area contributed by atoms with Crippen LogP contribution in [0.5, 0.6) is 5.75 Å². The predicted octanol–water partition coefficient (Wildman–Crippen LogP) is 2.53. The molecule has 0 amide bonds. The van der Waals surface area contributed by atoms with Crippen molar-refractivity contribution in [3.8, 4) is 5.75 Å². The molecule has 1 aromatic carbocycles. The van der Waals surface area contributed by atoms with Gasteiger partial charge in [0.2, 0.25) is 0 Å². The normalized spacial score (nSPS) is 14.9. The van der Waals surface area contributed by atoms with E-state index in [2.05, 4.69) is 11.0 Å². The van der Waals surface area contributed by atoms with Gasteiger partial charge in [-0.2, -0.15) is 0 Å². The molecule has 0 heterocycles. The lowest BCUT2D eigenvalue weighted by atomic mass is 9.92. The third-order valence-corrected chi connectivity index (χ3v) is 3.42. The standard InChI is InChI=1S/C15H25NO2/c1-12(2)15(3,17)11-16(4)10-13-7-6-8-14(9-13)18-5/h6-9,12,17H,10-11H2,1-5H3. The molecule has 0 aliphatic rings. The Kier molecular flexibility index (Phi) is 5.17. The van der Waals surface area contributed by atoms with Crippen molar-refractivity contribution in [2.45, 2.75) is 32.9 Å². The van der Waals surface area contributed by atoms with E-state index in [4.69, 9.17) is 4.74 Å². The van der Waals surface area contributed by atoms with Crippen molar-refractivity contribution in [3.63, 3.8) is 0 Å². The molecule has 18 heavy (non-hydrogen) atoms. The lowest BCUT2D eigenvalue weighted by Gasteiger charge is -2.32. The fourth-order valence-electron chi connectivity index (χ4n) is 1.87. The van der Waals surface area contributed by atoms with Crippen LogP contribution in [-0.4, -0.2) is 36.3 Å². The molecule has 0 spiro atoms. The summed E-state index contributed by atoms with van der Waals surface area (Å²) < 4.78 is 5.21. The molecular formula is C15H25NO2. The molecular weight excluding hydrogens is 226 g/mol. The van der Waals surface area contributed by atoms with Crippen LogP contribution in [0, 0.1) is 5.92 Å². The minimum absolute atomic E-state index is 0.241. The van der Waals surface area contributed by atoms with Gasteiger partial charge < -0.3 is 9.84 Å². The van der Waals surface area contributed by atoms with Gasteiger partial charge in [0.1, 0.15) is 5.75 Å². The van der Waals surface area contributed by atoms with Crippen LogP contribution in [0.15, 0.2) is 24.3 Å². The summed E-state index contributed by atoms with van der Waals surface area (Å²) in [5.41, 5.74) is 0.532. The number of methoxy groups -OCH3 is 1. The highest BCUT2D eigenvalue weighted by atomic mass is 16.5. The maximum absolute atomic E-state index is 10.3. The lowest BCUT2D eigenvalue weighted by molar-refractivity contribution is -0.0146. The van der Waals surface area contributed by atoms with Crippen molar-refractivity contribution >= 4 is 0 Å². The Morgan fingerprint density at radius 2 is 2.06 bits per heavy atom. The molecule has 1 rings (SSSR count). The van der Waals surface area contributed by atoms with Gasteiger partial charge in [-0.1, -0.05) is 26.0 Å². The van der Waals surface area contributed by atoms with Gasteiger partial charge in [-0.15, -0.1) is 0 Å². The van der Waals surface area contributed by atoms with Crippen LogP contribution in [0.1, 0.15) is 26.3 Å².